The van der Waals surface area contributed by atoms with Crippen molar-refractivity contribution in [2.24, 2.45) is 11.8 Å². The van der Waals surface area contributed by atoms with E-state index < -0.39 is 0 Å². The second kappa shape index (κ2) is 8.49. The Kier molecular flexibility index (Phi) is 5.85. The Labute approximate surface area is 157 Å². The van der Waals surface area contributed by atoms with Crippen LogP contribution in [0.3, 0.4) is 0 Å². The van der Waals surface area contributed by atoms with Gasteiger partial charge in [0.15, 0.2) is 0 Å². The third kappa shape index (κ3) is 4.83. The van der Waals surface area contributed by atoms with Crippen molar-refractivity contribution in [1.29, 1.82) is 0 Å². The molecule has 3 aliphatic rings. The fourth-order valence-corrected chi connectivity index (χ4v) is 4.50. The maximum absolute atomic E-state index is 12.4. The summed E-state index contributed by atoms with van der Waals surface area (Å²) in [6.07, 6.45) is 11.1. The fourth-order valence-electron chi connectivity index (χ4n) is 4.50. The largest absolute Gasteiger partial charge is 0.352 e. The van der Waals surface area contributed by atoms with Gasteiger partial charge in [0.2, 0.25) is 5.91 Å². The number of pyridine rings is 1. The maximum Gasteiger partial charge on any atom is 0.223 e. The fraction of sp³-hybridized carbons (Fsp3) is 0.714. The third-order valence-corrected chi connectivity index (χ3v) is 6.38. The van der Waals surface area contributed by atoms with Crippen LogP contribution in [-0.4, -0.2) is 59.5 Å². The zero-order chi connectivity index (χ0) is 17.8. The van der Waals surface area contributed by atoms with Gasteiger partial charge in [-0.3, -0.25) is 9.78 Å². The lowest BCUT2D eigenvalue weighted by atomic mass is 9.92. The number of nitrogens with zero attached hydrogens (tertiary/aromatic N) is 3. The van der Waals surface area contributed by atoms with E-state index in [2.05, 4.69) is 20.1 Å². The average molecular weight is 357 g/mol. The van der Waals surface area contributed by atoms with Crippen LogP contribution >= 0.6 is 0 Å². The molecule has 1 aromatic rings. The van der Waals surface area contributed by atoms with Crippen molar-refractivity contribution in [2.45, 2.75) is 51.1 Å². The first-order chi connectivity index (χ1) is 12.8. The second-order valence-electron chi connectivity index (χ2n) is 8.36. The highest BCUT2D eigenvalue weighted by molar-refractivity contribution is 5.78. The molecule has 0 aromatic carbocycles. The Bertz CT molecular complexity index is 573. The molecule has 26 heavy (non-hydrogen) atoms. The van der Waals surface area contributed by atoms with Crippen molar-refractivity contribution in [3.8, 4) is 0 Å². The van der Waals surface area contributed by atoms with Crippen LogP contribution in [0.15, 0.2) is 24.5 Å². The van der Waals surface area contributed by atoms with Gasteiger partial charge in [0, 0.05) is 37.4 Å². The summed E-state index contributed by atoms with van der Waals surface area (Å²) in [6.45, 7) is 6.63. The molecular formula is C21H32N4O. The van der Waals surface area contributed by atoms with E-state index in [4.69, 9.17) is 0 Å². The van der Waals surface area contributed by atoms with Gasteiger partial charge in [0.25, 0.3) is 0 Å². The van der Waals surface area contributed by atoms with E-state index >= 15 is 0 Å². The number of piperidine rings is 2. The molecule has 0 radical (unpaired) electrons. The second-order valence-corrected chi connectivity index (χ2v) is 8.36. The quantitative estimate of drug-likeness (QED) is 0.850. The molecule has 142 valence electrons. The molecule has 2 saturated heterocycles. The number of rotatable bonds is 6. The molecule has 3 fully saturated rings. The molecule has 0 atom stereocenters. The lowest BCUT2D eigenvalue weighted by molar-refractivity contribution is -0.126. The van der Waals surface area contributed by atoms with Gasteiger partial charge in [-0.1, -0.05) is 6.07 Å². The van der Waals surface area contributed by atoms with Crippen LogP contribution in [0.2, 0.25) is 0 Å². The number of carbonyl (C=O) groups is 1. The van der Waals surface area contributed by atoms with Crippen LogP contribution in [0.25, 0.3) is 0 Å². The summed E-state index contributed by atoms with van der Waals surface area (Å²) in [5.41, 5.74) is 1.07. The molecule has 4 rings (SSSR count). The van der Waals surface area contributed by atoms with Crippen LogP contribution in [0.4, 0.5) is 0 Å². The number of hydrogen-bond acceptors (Lipinski definition) is 4. The van der Waals surface area contributed by atoms with E-state index in [9.17, 15) is 4.79 Å². The van der Waals surface area contributed by atoms with Gasteiger partial charge in [-0.15, -0.1) is 0 Å². The lowest BCUT2D eigenvalue weighted by Gasteiger charge is -2.41. The highest BCUT2D eigenvalue weighted by Crippen LogP contribution is 2.31. The van der Waals surface area contributed by atoms with Crippen molar-refractivity contribution in [3.63, 3.8) is 0 Å². The van der Waals surface area contributed by atoms with E-state index in [1.807, 2.05) is 18.3 Å². The van der Waals surface area contributed by atoms with Crippen LogP contribution in [0.5, 0.6) is 0 Å². The zero-order valence-electron chi connectivity index (χ0n) is 15.8. The van der Waals surface area contributed by atoms with Crippen LogP contribution in [0.1, 0.15) is 44.1 Å². The summed E-state index contributed by atoms with van der Waals surface area (Å²) in [7, 11) is 0. The summed E-state index contributed by atoms with van der Waals surface area (Å²) in [6, 6.07) is 4.66. The van der Waals surface area contributed by atoms with Crippen LogP contribution in [0, 0.1) is 11.8 Å². The minimum absolute atomic E-state index is 0.179. The monoisotopic (exact) mass is 356 g/mol. The van der Waals surface area contributed by atoms with Crippen molar-refractivity contribution < 1.29 is 4.79 Å². The third-order valence-electron chi connectivity index (χ3n) is 6.38. The van der Waals surface area contributed by atoms with E-state index in [1.54, 1.807) is 6.20 Å². The van der Waals surface area contributed by atoms with Crippen LogP contribution in [-0.2, 0) is 11.3 Å². The molecule has 2 aliphatic heterocycles. The standard InChI is InChI=1S/C21H32N4O/c26-21(23-15-18-2-1-9-22-14-18)19-5-12-25(13-6-19)20-7-10-24(11-8-20)16-17-3-4-17/h1-2,9,14,17,19-20H,3-8,10-13,15-16H2,(H,23,26). The van der Waals surface area contributed by atoms with E-state index in [-0.39, 0.29) is 11.8 Å². The normalized spacial score (nSPS) is 23.8. The van der Waals surface area contributed by atoms with Gasteiger partial charge < -0.3 is 15.1 Å². The number of amides is 1. The van der Waals surface area contributed by atoms with Crippen LogP contribution < -0.4 is 5.32 Å². The SMILES string of the molecule is O=C(NCc1cccnc1)C1CCN(C2CCN(CC3CC3)CC2)CC1. The minimum Gasteiger partial charge on any atom is -0.352 e. The molecule has 1 amide bonds. The molecule has 3 heterocycles. The predicted molar refractivity (Wildman–Crippen MR) is 103 cm³/mol. The van der Waals surface area contributed by atoms with Crippen molar-refractivity contribution in [2.75, 3.05) is 32.7 Å². The Morgan fingerprint density at radius 3 is 2.50 bits per heavy atom. The molecule has 0 spiro atoms. The number of nitrogens with one attached hydrogen (secondary N) is 1. The molecule has 5 nitrogen and oxygen atoms in total. The predicted octanol–water partition coefficient (Wildman–Crippen LogP) is 2.28. The first-order valence-electron chi connectivity index (χ1n) is 10.4. The number of hydrogen-bond donors (Lipinski definition) is 1. The van der Waals surface area contributed by atoms with Crippen molar-refractivity contribution in [1.82, 2.24) is 20.1 Å². The van der Waals surface area contributed by atoms with Gasteiger partial charge >= 0.3 is 0 Å². The molecule has 1 aliphatic carbocycles. The summed E-state index contributed by atoms with van der Waals surface area (Å²) in [4.78, 5) is 21.9. The highest BCUT2D eigenvalue weighted by Gasteiger charge is 2.32. The first-order valence-corrected chi connectivity index (χ1v) is 10.4. The van der Waals surface area contributed by atoms with E-state index in [1.165, 1.54) is 45.3 Å². The molecule has 5 heteroatoms. The van der Waals surface area contributed by atoms with Gasteiger partial charge in [0.05, 0.1) is 0 Å². The van der Waals surface area contributed by atoms with Gasteiger partial charge in [-0.2, -0.15) is 0 Å². The van der Waals surface area contributed by atoms with Gasteiger partial charge in [-0.25, -0.2) is 0 Å². The Hall–Kier alpha value is -1.46. The maximum atomic E-state index is 12.4. The lowest BCUT2D eigenvalue weighted by Crippen LogP contribution is -2.49. The summed E-state index contributed by atoms with van der Waals surface area (Å²) >= 11 is 0. The minimum atomic E-state index is 0.179. The molecule has 0 unspecified atom stereocenters. The molecule has 1 saturated carbocycles. The zero-order valence-corrected chi connectivity index (χ0v) is 15.8. The topological polar surface area (TPSA) is 48.5 Å². The number of carbonyl (C=O) groups excluding carboxylic acids is 1. The summed E-state index contributed by atoms with van der Waals surface area (Å²) < 4.78 is 0. The van der Waals surface area contributed by atoms with Crippen molar-refractivity contribution >= 4 is 5.91 Å². The summed E-state index contributed by atoms with van der Waals surface area (Å²) in [5.74, 6) is 1.40. The molecular weight excluding hydrogens is 324 g/mol. The Morgan fingerprint density at radius 1 is 1.08 bits per heavy atom. The summed E-state index contributed by atoms with van der Waals surface area (Å²) in [5, 5.41) is 3.09. The van der Waals surface area contributed by atoms with Gasteiger partial charge in [0.1, 0.15) is 0 Å². The van der Waals surface area contributed by atoms with E-state index in [0.717, 1.165) is 43.5 Å². The number of aromatic nitrogens is 1. The van der Waals surface area contributed by atoms with E-state index in [0.29, 0.717) is 6.54 Å². The number of likely N-dealkylation sites (tertiary alicyclic amines) is 2. The average Bonchev–Trinajstić information content (AvgIpc) is 3.52. The first kappa shape index (κ1) is 17.9. The highest BCUT2D eigenvalue weighted by atomic mass is 16.1. The smallest absolute Gasteiger partial charge is 0.223 e. The van der Waals surface area contributed by atoms with Gasteiger partial charge in [-0.05, 0) is 82.3 Å². The Balaban J connectivity index is 1.16. The molecule has 1 aromatic heterocycles. The Morgan fingerprint density at radius 2 is 1.85 bits per heavy atom. The molecule has 1 N–H and O–H groups in total. The molecule has 0 bridgehead atoms. The van der Waals surface area contributed by atoms with Crippen molar-refractivity contribution in [3.05, 3.63) is 30.1 Å².